The van der Waals surface area contributed by atoms with Crippen LogP contribution in [-0.4, -0.2) is 48.9 Å². The molecule has 4 rings (SSSR count). The molecule has 2 aliphatic rings. The third-order valence-electron chi connectivity index (χ3n) is 4.50. The van der Waals surface area contributed by atoms with Gasteiger partial charge in [-0.3, -0.25) is 4.79 Å². The quantitative estimate of drug-likeness (QED) is 0.733. The summed E-state index contributed by atoms with van der Waals surface area (Å²) < 4.78 is 29.7. The minimum Gasteiger partial charge on any atom is -0.484 e. The summed E-state index contributed by atoms with van der Waals surface area (Å²) in [6.07, 6.45) is 0. The van der Waals surface area contributed by atoms with Gasteiger partial charge in [-0.25, -0.2) is 8.42 Å². The van der Waals surface area contributed by atoms with Gasteiger partial charge < -0.3 is 9.64 Å². The molecule has 0 radical (unpaired) electrons. The first-order valence-electron chi connectivity index (χ1n) is 8.63. The number of para-hydroxylation sites is 2. The van der Waals surface area contributed by atoms with Gasteiger partial charge in [-0.05, 0) is 24.3 Å². The van der Waals surface area contributed by atoms with Crippen LogP contribution in [0.1, 0.15) is 0 Å². The molecule has 2 atom stereocenters. The van der Waals surface area contributed by atoms with Crippen LogP contribution in [0.25, 0.3) is 0 Å². The SMILES string of the molecule is O=C(COc1ccccc1)N=C1S[C@@H]2CS(=O)(=O)C[C@H]2N1c1ccccc1Cl. The molecule has 2 fully saturated rings. The van der Waals surface area contributed by atoms with E-state index in [1.807, 2.05) is 24.3 Å². The van der Waals surface area contributed by atoms with E-state index in [0.717, 1.165) is 0 Å². The average molecular weight is 437 g/mol. The van der Waals surface area contributed by atoms with Crippen molar-refractivity contribution in [2.24, 2.45) is 4.99 Å². The van der Waals surface area contributed by atoms with Crippen LogP contribution in [-0.2, 0) is 14.6 Å². The number of halogens is 1. The van der Waals surface area contributed by atoms with E-state index in [9.17, 15) is 13.2 Å². The van der Waals surface area contributed by atoms with E-state index in [-0.39, 0.29) is 29.4 Å². The molecule has 0 saturated carbocycles. The number of carbonyl (C=O) groups is 1. The van der Waals surface area contributed by atoms with Gasteiger partial charge in [0.05, 0.1) is 28.3 Å². The Bertz CT molecular complexity index is 1030. The molecule has 0 aliphatic carbocycles. The van der Waals surface area contributed by atoms with Crippen molar-refractivity contribution in [2.75, 3.05) is 23.0 Å². The Balaban J connectivity index is 1.59. The number of nitrogens with zero attached hydrogens (tertiary/aromatic N) is 2. The molecule has 0 bridgehead atoms. The number of aliphatic imine (C=N–C) groups is 1. The predicted molar refractivity (Wildman–Crippen MR) is 112 cm³/mol. The molecule has 9 heteroatoms. The molecule has 0 N–H and O–H groups in total. The number of benzene rings is 2. The van der Waals surface area contributed by atoms with E-state index in [2.05, 4.69) is 4.99 Å². The van der Waals surface area contributed by atoms with Gasteiger partial charge in [0.25, 0.3) is 5.91 Å². The minimum absolute atomic E-state index is 0.0175. The van der Waals surface area contributed by atoms with Crippen LogP contribution in [0, 0.1) is 0 Å². The topological polar surface area (TPSA) is 76.0 Å². The Morgan fingerprint density at radius 3 is 2.61 bits per heavy atom. The third kappa shape index (κ3) is 4.04. The summed E-state index contributed by atoms with van der Waals surface area (Å²) in [5.74, 6) is 0.230. The number of ether oxygens (including phenoxy) is 1. The maximum absolute atomic E-state index is 12.4. The highest BCUT2D eigenvalue weighted by atomic mass is 35.5. The highest BCUT2D eigenvalue weighted by Gasteiger charge is 2.49. The zero-order valence-electron chi connectivity index (χ0n) is 14.7. The van der Waals surface area contributed by atoms with E-state index in [0.29, 0.717) is 21.6 Å². The second-order valence-electron chi connectivity index (χ2n) is 6.51. The van der Waals surface area contributed by atoms with E-state index < -0.39 is 15.7 Å². The lowest BCUT2D eigenvalue weighted by Gasteiger charge is -2.25. The van der Waals surface area contributed by atoms with Gasteiger partial charge in [0, 0.05) is 5.25 Å². The highest BCUT2D eigenvalue weighted by molar-refractivity contribution is 8.16. The minimum atomic E-state index is -3.13. The number of hydrogen-bond donors (Lipinski definition) is 0. The summed E-state index contributed by atoms with van der Waals surface area (Å²) in [6.45, 7) is -0.196. The smallest absolute Gasteiger partial charge is 0.285 e. The van der Waals surface area contributed by atoms with Crippen LogP contribution >= 0.6 is 23.4 Å². The number of rotatable bonds is 4. The van der Waals surface area contributed by atoms with Crippen molar-refractivity contribution >= 4 is 50.0 Å². The fourth-order valence-corrected chi connectivity index (χ4v) is 7.44. The molecular formula is C19H17ClN2O4S2. The number of amidine groups is 1. The Kier molecular flexibility index (Phi) is 5.35. The fourth-order valence-electron chi connectivity index (χ4n) is 3.29. The summed E-state index contributed by atoms with van der Waals surface area (Å²) in [7, 11) is -3.13. The highest BCUT2D eigenvalue weighted by Crippen LogP contribution is 2.42. The number of fused-ring (bicyclic) bond motifs is 1. The van der Waals surface area contributed by atoms with Crippen molar-refractivity contribution < 1.29 is 17.9 Å². The molecule has 2 heterocycles. The summed E-state index contributed by atoms with van der Waals surface area (Å²) in [6, 6.07) is 15.9. The molecule has 28 heavy (non-hydrogen) atoms. The van der Waals surface area contributed by atoms with Crippen molar-refractivity contribution in [3.8, 4) is 5.75 Å². The van der Waals surface area contributed by atoms with Gasteiger partial charge in [0.15, 0.2) is 21.6 Å². The van der Waals surface area contributed by atoms with Crippen LogP contribution in [0.3, 0.4) is 0 Å². The molecule has 146 valence electrons. The van der Waals surface area contributed by atoms with Gasteiger partial charge in [-0.1, -0.05) is 53.7 Å². The van der Waals surface area contributed by atoms with Gasteiger partial charge in [0.2, 0.25) is 0 Å². The summed E-state index contributed by atoms with van der Waals surface area (Å²) in [4.78, 5) is 18.4. The molecule has 0 aromatic heterocycles. The van der Waals surface area contributed by atoms with Gasteiger partial charge in [0.1, 0.15) is 5.75 Å². The Labute approximate surface area is 172 Å². The standard InChI is InChI=1S/C19H17ClN2O4S2/c20-14-8-4-5-9-15(14)22-16-11-28(24,25)12-17(16)27-19(22)21-18(23)10-26-13-6-2-1-3-7-13/h1-9,16-17H,10-12H2/t16-,17-/m1/s1. The van der Waals surface area contributed by atoms with E-state index in [1.54, 1.807) is 35.2 Å². The Morgan fingerprint density at radius 2 is 1.86 bits per heavy atom. The van der Waals surface area contributed by atoms with Crippen molar-refractivity contribution in [1.82, 2.24) is 0 Å². The first-order valence-corrected chi connectivity index (χ1v) is 11.7. The first-order chi connectivity index (χ1) is 13.4. The van der Waals surface area contributed by atoms with Crippen LogP contribution in [0.5, 0.6) is 5.75 Å². The lowest BCUT2D eigenvalue weighted by molar-refractivity contribution is -0.119. The van der Waals surface area contributed by atoms with Crippen LogP contribution in [0.15, 0.2) is 59.6 Å². The summed E-state index contributed by atoms with van der Waals surface area (Å²) in [5, 5.41) is 0.760. The first kappa shape index (κ1) is 19.3. The largest absolute Gasteiger partial charge is 0.484 e. The van der Waals surface area contributed by atoms with Crippen LogP contribution < -0.4 is 9.64 Å². The van der Waals surface area contributed by atoms with Gasteiger partial charge in [-0.15, -0.1) is 0 Å². The fraction of sp³-hybridized carbons (Fsp3) is 0.263. The lowest BCUT2D eigenvalue weighted by Crippen LogP contribution is -2.38. The van der Waals surface area contributed by atoms with E-state index >= 15 is 0 Å². The maximum atomic E-state index is 12.4. The van der Waals surface area contributed by atoms with Crippen molar-refractivity contribution in [2.45, 2.75) is 11.3 Å². The number of sulfone groups is 1. The number of hydrogen-bond acceptors (Lipinski definition) is 5. The second kappa shape index (κ2) is 7.77. The lowest BCUT2D eigenvalue weighted by atomic mass is 10.2. The number of carbonyl (C=O) groups excluding carboxylic acids is 1. The molecule has 2 aromatic rings. The molecule has 1 amide bonds. The summed E-state index contributed by atoms with van der Waals surface area (Å²) >= 11 is 7.65. The Hall–Kier alpha value is -2.03. The molecule has 0 unspecified atom stereocenters. The normalized spacial score (nSPS) is 24.3. The van der Waals surface area contributed by atoms with E-state index in [1.165, 1.54) is 11.8 Å². The van der Waals surface area contributed by atoms with E-state index in [4.69, 9.17) is 16.3 Å². The van der Waals surface area contributed by atoms with Crippen molar-refractivity contribution in [3.05, 3.63) is 59.6 Å². The predicted octanol–water partition coefficient (Wildman–Crippen LogP) is 3.02. The third-order valence-corrected chi connectivity index (χ3v) is 8.03. The monoisotopic (exact) mass is 436 g/mol. The molecule has 6 nitrogen and oxygen atoms in total. The number of amides is 1. The molecule has 2 aliphatic heterocycles. The van der Waals surface area contributed by atoms with Crippen LogP contribution in [0.4, 0.5) is 5.69 Å². The van der Waals surface area contributed by atoms with Crippen molar-refractivity contribution in [3.63, 3.8) is 0 Å². The molecule has 2 saturated heterocycles. The van der Waals surface area contributed by atoms with Gasteiger partial charge >= 0.3 is 0 Å². The second-order valence-corrected chi connectivity index (χ2v) is 10.3. The van der Waals surface area contributed by atoms with Crippen molar-refractivity contribution in [1.29, 1.82) is 0 Å². The maximum Gasteiger partial charge on any atom is 0.285 e. The molecule has 2 aromatic carbocycles. The van der Waals surface area contributed by atoms with Crippen LogP contribution in [0.2, 0.25) is 5.02 Å². The zero-order chi connectivity index (χ0) is 19.7. The molecule has 0 spiro atoms. The number of anilines is 1. The zero-order valence-corrected chi connectivity index (χ0v) is 17.1. The summed E-state index contributed by atoms with van der Waals surface area (Å²) in [5.41, 5.74) is 0.650. The van der Waals surface area contributed by atoms with Gasteiger partial charge in [-0.2, -0.15) is 4.99 Å². The Morgan fingerprint density at radius 1 is 1.14 bits per heavy atom. The molecular weight excluding hydrogens is 420 g/mol. The average Bonchev–Trinajstić information content (AvgIpc) is 3.12. The number of thioether (sulfide) groups is 1.